The molecule has 2 N–H and O–H groups in total. The molecular weight excluding hydrogens is 235 g/mol. The fraction of sp³-hybridized carbons (Fsp3) is 0.250. The second-order valence-electron chi connectivity index (χ2n) is 4.06. The molecule has 0 saturated heterocycles. The van der Waals surface area contributed by atoms with Gasteiger partial charge in [0.05, 0.1) is 5.56 Å². The predicted octanol–water partition coefficient (Wildman–Crippen LogP) is 2.98. The highest BCUT2D eigenvalue weighted by molar-refractivity contribution is 7.33. The molecule has 1 heterocycles. The van der Waals surface area contributed by atoms with E-state index in [1.807, 2.05) is 0 Å². The van der Waals surface area contributed by atoms with E-state index in [2.05, 4.69) is 41.3 Å². The monoisotopic (exact) mass is 248 g/mol. The van der Waals surface area contributed by atoms with Gasteiger partial charge < -0.3 is 5.73 Å². The van der Waals surface area contributed by atoms with E-state index in [0.717, 1.165) is 15.4 Å². The van der Waals surface area contributed by atoms with Crippen LogP contribution < -0.4 is 11.0 Å². The van der Waals surface area contributed by atoms with E-state index in [4.69, 9.17) is 5.73 Å². The van der Waals surface area contributed by atoms with Crippen molar-refractivity contribution in [2.45, 2.75) is 19.8 Å². The first-order chi connectivity index (χ1) is 7.56. The summed E-state index contributed by atoms with van der Waals surface area (Å²) in [5.74, 6) is 0.397. The Morgan fingerprint density at radius 1 is 1.44 bits per heavy atom. The lowest BCUT2D eigenvalue weighted by atomic mass is 9.97. The molecule has 2 aromatic rings. The minimum absolute atomic E-state index is 0.397. The Morgan fingerprint density at radius 3 is 2.69 bits per heavy atom. The molecule has 1 unspecified atom stereocenters. The van der Waals surface area contributed by atoms with Crippen molar-refractivity contribution in [2.24, 2.45) is 0 Å². The van der Waals surface area contributed by atoms with Crippen molar-refractivity contribution in [1.82, 2.24) is 0 Å². The highest BCUT2D eigenvalue weighted by Gasteiger charge is 2.16. The fourth-order valence-corrected chi connectivity index (χ4v) is 3.25. The smallest absolute Gasteiger partial charge is 0.105 e. The molecule has 0 fully saturated rings. The van der Waals surface area contributed by atoms with Gasteiger partial charge in [0.25, 0.3) is 0 Å². The van der Waals surface area contributed by atoms with Crippen LogP contribution in [0.2, 0.25) is 0 Å². The summed E-state index contributed by atoms with van der Waals surface area (Å²) in [6.07, 6.45) is 0. The van der Waals surface area contributed by atoms with Gasteiger partial charge in [0.1, 0.15) is 11.1 Å². The molecule has 0 saturated carbocycles. The Balaban J connectivity index is 2.96. The quantitative estimate of drug-likeness (QED) is 0.789. The van der Waals surface area contributed by atoms with Crippen LogP contribution in [-0.4, -0.2) is 0 Å². The molecule has 0 bridgehead atoms. The fourth-order valence-electron chi connectivity index (χ4n) is 1.86. The zero-order chi connectivity index (χ0) is 11.9. The first-order valence-electron chi connectivity index (χ1n) is 5.06. The second-order valence-corrected chi connectivity index (χ2v) is 5.73. The van der Waals surface area contributed by atoms with Crippen LogP contribution >= 0.6 is 20.6 Å². The van der Waals surface area contributed by atoms with E-state index in [-0.39, 0.29) is 0 Å². The molecule has 0 amide bonds. The van der Waals surface area contributed by atoms with Crippen molar-refractivity contribution in [1.29, 1.82) is 5.26 Å². The van der Waals surface area contributed by atoms with Gasteiger partial charge in [-0.1, -0.05) is 26.0 Å². The lowest BCUT2D eigenvalue weighted by Gasteiger charge is -2.08. The van der Waals surface area contributed by atoms with Crippen LogP contribution in [0.3, 0.4) is 0 Å². The summed E-state index contributed by atoms with van der Waals surface area (Å²) in [4.78, 5) is 0. The van der Waals surface area contributed by atoms with Crippen LogP contribution in [-0.2, 0) is 0 Å². The number of thiophene rings is 1. The van der Waals surface area contributed by atoms with E-state index < -0.39 is 0 Å². The molecule has 2 nitrogen and oxygen atoms in total. The molecule has 2 rings (SSSR count). The molecule has 0 spiro atoms. The van der Waals surface area contributed by atoms with Crippen molar-refractivity contribution in [3.8, 4) is 6.07 Å². The van der Waals surface area contributed by atoms with Gasteiger partial charge in [-0.2, -0.15) is 5.26 Å². The van der Waals surface area contributed by atoms with Crippen LogP contribution in [0.1, 0.15) is 30.9 Å². The van der Waals surface area contributed by atoms with Gasteiger partial charge in [-0.05, 0) is 16.8 Å². The molecule has 0 radical (unpaired) electrons. The van der Waals surface area contributed by atoms with Crippen LogP contribution in [0.4, 0.5) is 5.00 Å². The minimum Gasteiger partial charge on any atom is -0.389 e. The summed E-state index contributed by atoms with van der Waals surface area (Å²) in [6, 6.07) is 6.37. The summed E-state index contributed by atoms with van der Waals surface area (Å²) in [5.41, 5.74) is 7.72. The van der Waals surface area contributed by atoms with Crippen LogP contribution in [0.15, 0.2) is 12.1 Å². The maximum atomic E-state index is 9.17. The van der Waals surface area contributed by atoms with Gasteiger partial charge >= 0.3 is 0 Å². The van der Waals surface area contributed by atoms with Gasteiger partial charge in [-0.25, -0.2) is 0 Å². The molecule has 1 aromatic heterocycles. The minimum atomic E-state index is 0.397. The van der Waals surface area contributed by atoms with E-state index in [9.17, 15) is 5.26 Å². The number of nitrogen functional groups attached to an aromatic ring is 1. The number of hydrogen-bond donors (Lipinski definition) is 1. The second kappa shape index (κ2) is 4.05. The normalized spacial score (nSPS) is 10.9. The summed E-state index contributed by atoms with van der Waals surface area (Å²) in [5, 5.41) is 11.9. The van der Waals surface area contributed by atoms with Crippen molar-refractivity contribution in [3.63, 3.8) is 0 Å². The Kier molecular flexibility index (Phi) is 2.88. The summed E-state index contributed by atoms with van der Waals surface area (Å²) in [7, 11) is 2.70. The largest absolute Gasteiger partial charge is 0.389 e. The third-order valence-corrected chi connectivity index (χ3v) is 4.42. The number of nitrogens with two attached hydrogens (primary N) is 1. The Morgan fingerprint density at radius 2 is 2.12 bits per heavy atom. The van der Waals surface area contributed by atoms with E-state index in [1.165, 1.54) is 16.9 Å². The van der Waals surface area contributed by atoms with Crippen molar-refractivity contribution in [3.05, 3.63) is 23.3 Å². The third kappa shape index (κ3) is 1.59. The van der Waals surface area contributed by atoms with Gasteiger partial charge in [-0.3, -0.25) is 0 Å². The SMILES string of the molecule is CC(C)c1ccc(P)c2sc(N)c(C#N)c12. The number of nitrogens with zero attached hydrogens (tertiary/aromatic N) is 1. The average Bonchev–Trinajstić information content (AvgIpc) is 2.55. The molecular formula is C12H13N2PS. The number of anilines is 1. The molecule has 4 heteroatoms. The Hall–Kier alpha value is -1.10. The van der Waals surface area contributed by atoms with E-state index in [0.29, 0.717) is 16.5 Å². The van der Waals surface area contributed by atoms with Crippen molar-refractivity contribution >= 4 is 41.0 Å². The van der Waals surface area contributed by atoms with Crippen LogP contribution in [0, 0.1) is 11.3 Å². The van der Waals surface area contributed by atoms with Crippen LogP contribution in [0.25, 0.3) is 10.1 Å². The maximum Gasteiger partial charge on any atom is 0.105 e. The highest BCUT2D eigenvalue weighted by Crippen LogP contribution is 2.37. The van der Waals surface area contributed by atoms with Crippen molar-refractivity contribution in [2.75, 3.05) is 5.73 Å². The average molecular weight is 248 g/mol. The van der Waals surface area contributed by atoms with Gasteiger partial charge in [0.15, 0.2) is 0 Å². The van der Waals surface area contributed by atoms with E-state index in [1.54, 1.807) is 0 Å². The lowest BCUT2D eigenvalue weighted by molar-refractivity contribution is 0.877. The molecule has 1 aromatic carbocycles. The Labute approximate surface area is 101 Å². The molecule has 0 aliphatic rings. The number of hydrogen-bond acceptors (Lipinski definition) is 3. The van der Waals surface area contributed by atoms with Gasteiger partial charge in [0.2, 0.25) is 0 Å². The first-order valence-corrected chi connectivity index (χ1v) is 6.46. The molecule has 1 atom stereocenters. The highest BCUT2D eigenvalue weighted by atomic mass is 32.1. The molecule has 16 heavy (non-hydrogen) atoms. The van der Waals surface area contributed by atoms with Crippen LogP contribution in [0.5, 0.6) is 0 Å². The zero-order valence-electron chi connectivity index (χ0n) is 9.24. The first kappa shape index (κ1) is 11.4. The molecule has 0 aliphatic heterocycles. The maximum absolute atomic E-state index is 9.17. The van der Waals surface area contributed by atoms with Gasteiger partial charge in [-0.15, -0.1) is 20.6 Å². The number of rotatable bonds is 1. The van der Waals surface area contributed by atoms with Crippen molar-refractivity contribution < 1.29 is 0 Å². The zero-order valence-corrected chi connectivity index (χ0v) is 11.2. The standard InChI is InChI=1S/C12H13N2PS/c1-6(2)7-3-4-9(15)11-10(7)8(5-13)12(14)16-11/h3-4,6H,14-15H2,1-2H3. The summed E-state index contributed by atoms with van der Waals surface area (Å²) in [6.45, 7) is 4.26. The Bertz CT molecular complexity index is 593. The third-order valence-electron chi connectivity index (χ3n) is 2.66. The topological polar surface area (TPSA) is 49.8 Å². The van der Waals surface area contributed by atoms with E-state index >= 15 is 0 Å². The number of fused-ring (bicyclic) bond motifs is 1. The number of benzene rings is 1. The predicted molar refractivity (Wildman–Crippen MR) is 74.4 cm³/mol. The summed E-state index contributed by atoms with van der Waals surface area (Å²) >= 11 is 1.50. The molecule has 0 aliphatic carbocycles. The summed E-state index contributed by atoms with van der Waals surface area (Å²) < 4.78 is 1.12. The lowest BCUT2D eigenvalue weighted by Crippen LogP contribution is -1.96. The molecule has 82 valence electrons. The number of nitriles is 1. The van der Waals surface area contributed by atoms with Gasteiger partial charge in [0, 0.05) is 10.1 Å².